The van der Waals surface area contributed by atoms with Crippen LogP contribution in [-0.4, -0.2) is 39.6 Å². The molecular weight excluding hydrogens is 214 g/mol. The second-order valence-electron chi connectivity index (χ2n) is 4.68. The maximum atomic E-state index is 9.39. The summed E-state index contributed by atoms with van der Waals surface area (Å²) >= 11 is 0. The highest BCUT2D eigenvalue weighted by Crippen LogP contribution is 2.18. The molecule has 4 heteroatoms. The average molecular weight is 231 g/mol. The van der Waals surface area contributed by atoms with E-state index in [2.05, 4.69) is 14.9 Å². The molecule has 0 atom stereocenters. The summed E-state index contributed by atoms with van der Waals surface area (Å²) in [6, 6.07) is 5.25. The number of nitrogens with zero attached hydrogens (tertiary/aromatic N) is 2. The zero-order valence-corrected chi connectivity index (χ0v) is 9.82. The van der Waals surface area contributed by atoms with Crippen LogP contribution in [0.15, 0.2) is 18.2 Å². The molecule has 17 heavy (non-hydrogen) atoms. The number of H-pyrrole nitrogens is 1. The smallest absolute Gasteiger partial charge is 0.117 e. The van der Waals surface area contributed by atoms with Gasteiger partial charge in [-0.25, -0.2) is 4.98 Å². The van der Waals surface area contributed by atoms with Gasteiger partial charge in [0.15, 0.2) is 0 Å². The first kappa shape index (κ1) is 10.6. The van der Waals surface area contributed by atoms with E-state index in [0.717, 1.165) is 29.8 Å². The summed E-state index contributed by atoms with van der Waals surface area (Å²) in [6.45, 7) is 3.52. The van der Waals surface area contributed by atoms with Crippen LogP contribution in [0.4, 0.5) is 0 Å². The second-order valence-corrected chi connectivity index (χ2v) is 4.68. The minimum absolute atomic E-state index is 0.284. The number of fused-ring (bicyclic) bond motifs is 1. The van der Waals surface area contributed by atoms with Crippen LogP contribution < -0.4 is 0 Å². The number of phenolic OH excluding ortho intramolecular Hbond substituents is 1. The van der Waals surface area contributed by atoms with Crippen molar-refractivity contribution in [3.05, 3.63) is 24.0 Å². The van der Waals surface area contributed by atoms with E-state index in [1.165, 1.54) is 25.9 Å². The molecule has 0 radical (unpaired) electrons. The van der Waals surface area contributed by atoms with E-state index in [0.29, 0.717) is 0 Å². The van der Waals surface area contributed by atoms with Crippen molar-refractivity contribution in [2.24, 2.45) is 0 Å². The fourth-order valence-electron chi connectivity index (χ4n) is 2.44. The van der Waals surface area contributed by atoms with Crippen molar-refractivity contribution in [1.82, 2.24) is 14.9 Å². The lowest BCUT2D eigenvalue weighted by atomic mass is 10.3. The third kappa shape index (κ3) is 2.26. The fourth-order valence-corrected chi connectivity index (χ4v) is 2.44. The van der Waals surface area contributed by atoms with Crippen LogP contribution in [0, 0.1) is 0 Å². The van der Waals surface area contributed by atoms with Gasteiger partial charge < -0.3 is 15.0 Å². The molecule has 4 nitrogen and oxygen atoms in total. The molecular formula is C13H17N3O. The number of aromatic nitrogens is 2. The van der Waals surface area contributed by atoms with Crippen LogP contribution in [0.2, 0.25) is 0 Å². The second kappa shape index (κ2) is 4.37. The van der Waals surface area contributed by atoms with E-state index in [-0.39, 0.29) is 5.75 Å². The molecule has 0 aliphatic carbocycles. The summed E-state index contributed by atoms with van der Waals surface area (Å²) in [6.07, 6.45) is 3.61. The standard InChI is InChI=1S/C13H17N3O/c17-10-3-4-11-12(9-10)15-13(14-11)5-8-16-6-1-2-7-16/h3-4,9,17H,1-2,5-8H2,(H,14,15). The summed E-state index contributed by atoms with van der Waals surface area (Å²) in [4.78, 5) is 10.3. The van der Waals surface area contributed by atoms with Crippen molar-refractivity contribution in [2.75, 3.05) is 19.6 Å². The molecule has 1 aliphatic rings. The number of hydrogen-bond acceptors (Lipinski definition) is 3. The number of aromatic amines is 1. The maximum absolute atomic E-state index is 9.39. The largest absolute Gasteiger partial charge is 0.508 e. The lowest BCUT2D eigenvalue weighted by molar-refractivity contribution is 0.341. The van der Waals surface area contributed by atoms with Crippen molar-refractivity contribution in [1.29, 1.82) is 0 Å². The Labute approximate surface area is 100 Å². The molecule has 1 aromatic carbocycles. The van der Waals surface area contributed by atoms with Crippen molar-refractivity contribution < 1.29 is 5.11 Å². The van der Waals surface area contributed by atoms with Crippen molar-refractivity contribution in [3.8, 4) is 5.75 Å². The van der Waals surface area contributed by atoms with Crippen molar-refractivity contribution in [2.45, 2.75) is 19.3 Å². The first-order chi connectivity index (χ1) is 8.31. The van der Waals surface area contributed by atoms with Gasteiger partial charge in [0.1, 0.15) is 11.6 Å². The summed E-state index contributed by atoms with van der Waals surface area (Å²) < 4.78 is 0. The van der Waals surface area contributed by atoms with E-state index in [1.807, 2.05) is 6.07 Å². The van der Waals surface area contributed by atoms with Gasteiger partial charge in [-0.1, -0.05) is 0 Å². The molecule has 1 aromatic heterocycles. The highest BCUT2D eigenvalue weighted by Gasteiger charge is 2.12. The molecule has 0 unspecified atom stereocenters. The molecule has 0 saturated carbocycles. The third-order valence-corrected chi connectivity index (χ3v) is 3.38. The van der Waals surface area contributed by atoms with Gasteiger partial charge in [0.05, 0.1) is 11.0 Å². The molecule has 90 valence electrons. The van der Waals surface area contributed by atoms with Gasteiger partial charge in [0, 0.05) is 19.0 Å². The molecule has 1 fully saturated rings. The SMILES string of the molecule is Oc1ccc2nc(CCN3CCCC3)[nH]c2c1. The lowest BCUT2D eigenvalue weighted by Gasteiger charge is -2.12. The Bertz CT molecular complexity index is 514. The normalized spacial score (nSPS) is 16.9. The number of aromatic hydroxyl groups is 1. The van der Waals surface area contributed by atoms with E-state index >= 15 is 0 Å². The minimum atomic E-state index is 0.284. The van der Waals surface area contributed by atoms with Gasteiger partial charge in [-0.05, 0) is 38.1 Å². The summed E-state index contributed by atoms with van der Waals surface area (Å²) in [5.41, 5.74) is 1.85. The molecule has 1 saturated heterocycles. The zero-order chi connectivity index (χ0) is 11.7. The van der Waals surface area contributed by atoms with Gasteiger partial charge in [0.2, 0.25) is 0 Å². The van der Waals surface area contributed by atoms with Gasteiger partial charge >= 0.3 is 0 Å². The fraction of sp³-hybridized carbons (Fsp3) is 0.462. The topological polar surface area (TPSA) is 52.2 Å². The Hall–Kier alpha value is -1.55. The van der Waals surface area contributed by atoms with Crippen LogP contribution >= 0.6 is 0 Å². The van der Waals surface area contributed by atoms with Crippen LogP contribution in [0.3, 0.4) is 0 Å². The number of hydrogen-bond donors (Lipinski definition) is 2. The Balaban J connectivity index is 1.72. The van der Waals surface area contributed by atoms with E-state index in [4.69, 9.17) is 0 Å². The molecule has 3 rings (SSSR count). The van der Waals surface area contributed by atoms with Crippen LogP contribution in [-0.2, 0) is 6.42 Å². The predicted molar refractivity (Wildman–Crippen MR) is 67.1 cm³/mol. The molecule has 2 heterocycles. The summed E-state index contributed by atoms with van der Waals surface area (Å²) in [7, 11) is 0. The van der Waals surface area contributed by atoms with Crippen LogP contribution in [0.5, 0.6) is 5.75 Å². The van der Waals surface area contributed by atoms with Gasteiger partial charge in [0.25, 0.3) is 0 Å². The zero-order valence-electron chi connectivity index (χ0n) is 9.82. The lowest BCUT2D eigenvalue weighted by Crippen LogP contribution is -2.22. The summed E-state index contributed by atoms with van der Waals surface area (Å²) in [5.74, 6) is 1.30. The van der Waals surface area contributed by atoms with Crippen molar-refractivity contribution in [3.63, 3.8) is 0 Å². The molecule has 0 amide bonds. The Morgan fingerprint density at radius 1 is 1.29 bits per heavy atom. The number of nitrogens with one attached hydrogen (secondary N) is 1. The Morgan fingerprint density at radius 2 is 2.12 bits per heavy atom. The number of phenols is 1. The van der Waals surface area contributed by atoms with Crippen LogP contribution in [0.1, 0.15) is 18.7 Å². The van der Waals surface area contributed by atoms with Crippen LogP contribution in [0.25, 0.3) is 11.0 Å². The van der Waals surface area contributed by atoms with E-state index in [1.54, 1.807) is 12.1 Å². The molecule has 1 aliphatic heterocycles. The van der Waals surface area contributed by atoms with Gasteiger partial charge in [-0.15, -0.1) is 0 Å². The predicted octanol–water partition coefficient (Wildman–Crippen LogP) is 1.91. The van der Waals surface area contributed by atoms with E-state index in [9.17, 15) is 5.11 Å². The quantitative estimate of drug-likeness (QED) is 0.848. The van der Waals surface area contributed by atoms with Crippen molar-refractivity contribution >= 4 is 11.0 Å². The maximum Gasteiger partial charge on any atom is 0.117 e. The molecule has 0 spiro atoms. The Kier molecular flexibility index (Phi) is 2.73. The first-order valence-electron chi connectivity index (χ1n) is 6.21. The summed E-state index contributed by atoms with van der Waals surface area (Å²) in [5, 5.41) is 9.39. The highest BCUT2D eigenvalue weighted by atomic mass is 16.3. The van der Waals surface area contributed by atoms with Gasteiger partial charge in [-0.3, -0.25) is 0 Å². The van der Waals surface area contributed by atoms with E-state index < -0.39 is 0 Å². The monoisotopic (exact) mass is 231 g/mol. The number of likely N-dealkylation sites (tertiary alicyclic amines) is 1. The molecule has 2 N–H and O–H groups in total. The molecule has 0 bridgehead atoms. The number of benzene rings is 1. The average Bonchev–Trinajstić information content (AvgIpc) is 2.94. The third-order valence-electron chi connectivity index (χ3n) is 3.38. The highest BCUT2D eigenvalue weighted by molar-refractivity contribution is 5.76. The molecule has 2 aromatic rings. The van der Waals surface area contributed by atoms with Gasteiger partial charge in [-0.2, -0.15) is 0 Å². The minimum Gasteiger partial charge on any atom is -0.508 e. The first-order valence-corrected chi connectivity index (χ1v) is 6.21. The number of rotatable bonds is 3. The Morgan fingerprint density at radius 3 is 2.94 bits per heavy atom. The number of imidazole rings is 1.